The van der Waals surface area contributed by atoms with Gasteiger partial charge in [-0.25, -0.2) is 4.39 Å². The van der Waals surface area contributed by atoms with Gasteiger partial charge in [0.2, 0.25) is 11.8 Å². The lowest BCUT2D eigenvalue weighted by molar-refractivity contribution is -0.116. The van der Waals surface area contributed by atoms with E-state index in [2.05, 4.69) is 26.6 Å². The molecule has 1 aromatic rings. The Labute approximate surface area is 107 Å². The summed E-state index contributed by atoms with van der Waals surface area (Å²) in [4.78, 5) is 22.1. The van der Waals surface area contributed by atoms with Gasteiger partial charge in [-0.15, -0.1) is 0 Å². The first kappa shape index (κ1) is 13.6. The fourth-order valence-corrected chi connectivity index (χ4v) is 1.56. The van der Waals surface area contributed by atoms with Crippen molar-refractivity contribution in [2.24, 2.45) is 0 Å². The molecule has 92 valence electrons. The van der Waals surface area contributed by atoms with Crippen LogP contribution in [0, 0.1) is 5.82 Å². The van der Waals surface area contributed by atoms with Gasteiger partial charge in [0.15, 0.2) is 0 Å². The van der Waals surface area contributed by atoms with Gasteiger partial charge in [0.05, 0.1) is 5.69 Å². The molecule has 0 atom stereocenters. The highest BCUT2D eigenvalue weighted by Crippen LogP contribution is 2.19. The van der Waals surface area contributed by atoms with Crippen LogP contribution in [0.15, 0.2) is 18.2 Å². The lowest BCUT2D eigenvalue weighted by Crippen LogP contribution is -2.13. The van der Waals surface area contributed by atoms with Gasteiger partial charge in [0.1, 0.15) is 5.82 Å². The molecule has 0 aliphatic carbocycles. The summed E-state index contributed by atoms with van der Waals surface area (Å²) >= 11 is 3.14. The first-order valence-corrected chi connectivity index (χ1v) is 6.08. The normalized spacial score (nSPS) is 9.82. The second-order valence-corrected chi connectivity index (χ2v) is 4.16. The summed E-state index contributed by atoms with van der Waals surface area (Å²) in [5.74, 6) is -1.09. The number of carbonyl (C=O) groups excluding carboxylic acids is 2. The van der Waals surface area contributed by atoms with Gasteiger partial charge in [-0.05, 0) is 18.2 Å². The first-order chi connectivity index (χ1) is 8.02. The molecular formula is C11H12BrFN2O2. The third kappa shape index (κ3) is 4.52. The standard InChI is InChI=1S/C11H12BrFN2O2/c1-7(16)14-10-6-8(2-3-9(10)13)15-11(17)4-5-12/h2-3,6H,4-5H2,1H3,(H,14,16)(H,15,17). The molecule has 0 saturated heterocycles. The van der Waals surface area contributed by atoms with E-state index in [1.807, 2.05) is 0 Å². The van der Waals surface area contributed by atoms with E-state index in [-0.39, 0.29) is 17.5 Å². The Morgan fingerprint density at radius 2 is 2.06 bits per heavy atom. The SMILES string of the molecule is CC(=O)Nc1cc(NC(=O)CCBr)ccc1F. The van der Waals surface area contributed by atoms with Gasteiger partial charge in [0.25, 0.3) is 0 Å². The van der Waals surface area contributed by atoms with Crippen LogP contribution in [0.2, 0.25) is 0 Å². The average molecular weight is 303 g/mol. The second-order valence-electron chi connectivity index (χ2n) is 3.36. The number of alkyl halides is 1. The topological polar surface area (TPSA) is 58.2 Å². The zero-order valence-corrected chi connectivity index (χ0v) is 10.8. The van der Waals surface area contributed by atoms with E-state index in [9.17, 15) is 14.0 Å². The highest BCUT2D eigenvalue weighted by molar-refractivity contribution is 9.09. The zero-order valence-electron chi connectivity index (χ0n) is 9.22. The molecule has 0 aliphatic heterocycles. The fourth-order valence-electron chi connectivity index (χ4n) is 1.20. The number of hydrogen-bond donors (Lipinski definition) is 2. The molecule has 6 heteroatoms. The smallest absolute Gasteiger partial charge is 0.225 e. The summed E-state index contributed by atoms with van der Waals surface area (Å²) in [6.45, 7) is 1.29. The molecule has 0 aliphatic rings. The summed E-state index contributed by atoms with van der Waals surface area (Å²) in [7, 11) is 0. The van der Waals surface area contributed by atoms with E-state index in [4.69, 9.17) is 0 Å². The number of amides is 2. The van der Waals surface area contributed by atoms with Gasteiger partial charge < -0.3 is 10.6 Å². The Kier molecular flexibility index (Phi) is 5.09. The minimum absolute atomic E-state index is 0.0501. The summed E-state index contributed by atoms with van der Waals surface area (Å²) in [6, 6.07) is 4.00. The molecule has 0 aromatic heterocycles. The lowest BCUT2D eigenvalue weighted by Gasteiger charge is -2.08. The summed E-state index contributed by atoms with van der Waals surface area (Å²) in [6.07, 6.45) is 0.326. The highest BCUT2D eigenvalue weighted by Gasteiger charge is 2.07. The minimum Gasteiger partial charge on any atom is -0.326 e. The number of rotatable bonds is 4. The van der Waals surface area contributed by atoms with Crippen LogP contribution < -0.4 is 10.6 Å². The van der Waals surface area contributed by atoms with Crippen LogP contribution in [0.25, 0.3) is 0 Å². The number of nitrogens with one attached hydrogen (secondary N) is 2. The zero-order chi connectivity index (χ0) is 12.8. The van der Waals surface area contributed by atoms with E-state index < -0.39 is 5.82 Å². The van der Waals surface area contributed by atoms with Crippen LogP contribution in [0.1, 0.15) is 13.3 Å². The predicted molar refractivity (Wildman–Crippen MR) is 67.7 cm³/mol. The molecule has 2 amide bonds. The van der Waals surface area contributed by atoms with Gasteiger partial charge >= 0.3 is 0 Å². The third-order valence-corrected chi connectivity index (χ3v) is 2.28. The highest BCUT2D eigenvalue weighted by atomic mass is 79.9. The Hall–Kier alpha value is -1.43. The van der Waals surface area contributed by atoms with Crippen molar-refractivity contribution in [3.8, 4) is 0 Å². The minimum atomic E-state index is -0.543. The predicted octanol–water partition coefficient (Wildman–Crippen LogP) is 2.51. The third-order valence-electron chi connectivity index (χ3n) is 1.88. The van der Waals surface area contributed by atoms with Gasteiger partial charge in [-0.1, -0.05) is 15.9 Å². The molecule has 1 aromatic carbocycles. The molecule has 1 rings (SSSR count). The van der Waals surface area contributed by atoms with Crippen LogP contribution in [0.3, 0.4) is 0 Å². The van der Waals surface area contributed by atoms with Crippen LogP contribution >= 0.6 is 15.9 Å². The molecule has 0 bridgehead atoms. The molecule has 0 radical (unpaired) electrons. The van der Waals surface area contributed by atoms with Crippen LogP contribution in [0.4, 0.5) is 15.8 Å². The molecule has 4 nitrogen and oxygen atoms in total. The number of halogens is 2. The molecule has 0 fully saturated rings. The second kappa shape index (κ2) is 6.34. The van der Waals surface area contributed by atoms with Crippen LogP contribution in [-0.2, 0) is 9.59 Å². The van der Waals surface area contributed by atoms with Crippen molar-refractivity contribution >= 4 is 39.1 Å². The maximum Gasteiger partial charge on any atom is 0.225 e. The number of benzene rings is 1. The summed E-state index contributed by atoms with van der Waals surface area (Å²) in [5.41, 5.74) is 0.496. The van der Waals surface area contributed by atoms with E-state index in [1.165, 1.54) is 25.1 Å². The molecule has 17 heavy (non-hydrogen) atoms. The van der Waals surface area contributed by atoms with Crippen molar-refractivity contribution in [3.63, 3.8) is 0 Å². The molecule has 2 N–H and O–H groups in total. The van der Waals surface area contributed by atoms with Crippen LogP contribution in [0.5, 0.6) is 0 Å². The van der Waals surface area contributed by atoms with Crippen molar-refractivity contribution in [2.75, 3.05) is 16.0 Å². The van der Waals surface area contributed by atoms with E-state index in [0.29, 0.717) is 17.4 Å². The number of anilines is 2. The van der Waals surface area contributed by atoms with Crippen molar-refractivity contribution in [1.29, 1.82) is 0 Å². The Morgan fingerprint density at radius 3 is 2.65 bits per heavy atom. The fraction of sp³-hybridized carbons (Fsp3) is 0.273. The van der Waals surface area contributed by atoms with Gasteiger partial charge in [0, 0.05) is 24.4 Å². The van der Waals surface area contributed by atoms with E-state index >= 15 is 0 Å². The van der Waals surface area contributed by atoms with Gasteiger partial charge in [-0.3, -0.25) is 9.59 Å². The number of carbonyl (C=O) groups is 2. The monoisotopic (exact) mass is 302 g/mol. The summed E-state index contributed by atoms with van der Waals surface area (Å²) < 4.78 is 13.3. The van der Waals surface area contributed by atoms with Crippen molar-refractivity contribution in [2.45, 2.75) is 13.3 Å². The quantitative estimate of drug-likeness (QED) is 0.840. The molecule has 0 saturated carbocycles. The average Bonchev–Trinajstić information content (AvgIpc) is 2.22. The first-order valence-electron chi connectivity index (χ1n) is 4.96. The maximum atomic E-state index is 13.3. The van der Waals surface area contributed by atoms with Gasteiger partial charge in [-0.2, -0.15) is 0 Å². The lowest BCUT2D eigenvalue weighted by atomic mass is 10.2. The maximum absolute atomic E-state index is 13.3. The Balaban J connectivity index is 2.81. The summed E-state index contributed by atoms with van der Waals surface area (Å²) in [5, 5.41) is 5.50. The molecule has 0 heterocycles. The van der Waals surface area contributed by atoms with Crippen molar-refractivity contribution < 1.29 is 14.0 Å². The van der Waals surface area contributed by atoms with E-state index in [0.717, 1.165) is 0 Å². The van der Waals surface area contributed by atoms with E-state index in [1.54, 1.807) is 0 Å². The molecular weight excluding hydrogens is 291 g/mol. The van der Waals surface area contributed by atoms with Crippen molar-refractivity contribution in [1.82, 2.24) is 0 Å². The van der Waals surface area contributed by atoms with Crippen LogP contribution in [-0.4, -0.2) is 17.1 Å². The molecule has 0 spiro atoms. The van der Waals surface area contributed by atoms with Crippen molar-refractivity contribution in [3.05, 3.63) is 24.0 Å². The Bertz CT molecular complexity index is 437. The Morgan fingerprint density at radius 1 is 1.35 bits per heavy atom. The largest absolute Gasteiger partial charge is 0.326 e. The number of hydrogen-bond acceptors (Lipinski definition) is 2. The molecule has 0 unspecified atom stereocenters.